The van der Waals surface area contributed by atoms with Crippen LogP contribution in [0.1, 0.15) is 24.7 Å². The average Bonchev–Trinajstić information content (AvgIpc) is 2.79. The summed E-state index contributed by atoms with van der Waals surface area (Å²) in [4.78, 5) is 4.87. The van der Waals surface area contributed by atoms with Crippen LogP contribution in [0.4, 0.5) is 4.39 Å². The molecule has 1 aromatic heterocycles. The molecule has 19 heavy (non-hydrogen) atoms. The van der Waals surface area contributed by atoms with E-state index in [0.29, 0.717) is 11.3 Å². The van der Waals surface area contributed by atoms with Crippen LogP contribution in [0.5, 0.6) is 0 Å². The van der Waals surface area contributed by atoms with E-state index in [-0.39, 0.29) is 11.9 Å². The largest absolute Gasteiger partial charge is 0.327 e. The number of nitrogens with two attached hydrogens (primary N) is 1. The van der Waals surface area contributed by atoms with E-state index in [1.54, 1.807) is 6.07 Å². The zero-order valence-electron chi connectivity index (χ0n) is 10.9. The lowest BCUT2D eigenvalue weighted by Gasteiger charge is -2.12. The highest BCUT2D eigenvalue weighted by atomic mass is 32.2. The smallest absolute Gasteiger partial charge is 0.174 e. The van der Waals surface area contributed by atoms with Gasteiger partial charge >= 0.3 is 0 Å². The Bertz CT molecular complexity index is 557. The first-order chi connectivity index (χ1) is 9.10. The van der Waals surface area contributed by atoms with E-state index in [0.717, 1.165) is 22.1 Å². The number of aromatic nitrogens is 2. The highest BCUT2D eigenvalue weighted by Gasteiger charge is 2.14. The third-order valence-corrected chi connectivity index (χ3v) is 4.76. The van der Waals surface area contributed by atoms with E-state index in [1.165, 1.54) is 29.4 Å². The van der Waals surface area contributed by atoms with Gasteiger partial charge in [0.2, 0.25) is 0 Å². The van der Waals surface area contributed by atoms with Crippen LogP contribution in [0.25, 0.3) is 0 Å². The van der Waals surface area contributed by atoms with E-state index < -0.39 is 0 Å². The first kappa shape index (κ1) is 14.4. The Morgan fingerprint density at radius 1 is 1.47 bits per heavy atom. The van der Waals surface area contributed by atoms with Crippen LogP contribution in [-0.4, -0.2) is 15.4 Å². The van der Waals surface area contributed by atoms with Crippen molar-refractivity contribution < 1.29 is 4.39 Å². The van der Waals surface area contributed by atoms with Crippen molar-refractivity contribution in [2.45, 2.75) is 42.0 Å². The Kier molecular flexibility index (Phi) is 4.90. The topological polar surface area (TPSA) is 51.8 Å². The number of nitrogens with zero attached hydrogens (tertiary/aromatic N) is 2. The molecule has 1 unspecified atom stereocenters. The predicted molar refractivity (Wildman–Crippen MR) is 77.1 cm³/mol. The predicted octanol–water partition coefficient (Wildman–Crippen LogP) is 3.42. The van der Waals surface area contributed by atoms with Gasteiger partial charge in [-0.25, -0.2) is 9.37 Å². The van der Waals surface area contributed by atoms with Crippen LogP contribution in [0.15, 0.2) is 27.4 Å². The van der Waals surface area contributed by atoms with Gasteiger partial charge in [0, 0.05) is 6.04 Å². The number of benzene rings is 1. The Balaban J connectivity index is 2.27. The lowest BCUT2D eigenvalue weighted by molar-refractivity contribution is 0.585. The maximum atomic E-state index is 14.0. The molecule has 0 aliphatic carbocycles. The number of hydrogen-bond acceptors (Lipinski definition) is 5. The first-order valence-electron chi connectivity index (χ1n) is 6.11. The molecule has 0 spiro atoms. The van der Waals surface area contributed by atoms with Crippen molar-refractivity contribution in [1.82, 2.24) is 9.36 Å². The Morgan fingerprint density at radius 3 is 2.89 bits per heavy atom. The number of rotatable bonds is 5. The van der Waals surface area contributed by atoms with Crippen LogP contribution in [0.3, 0.4) is 0 Å². The average molecular weight is 297 g/mol. The van der Waals surface area contributed by atoms with Crippen molar-refractivity contribution >= 4 is 23.3 Å². The second-order valence-corrected chi connectivity index (χ2v) is 6.32. The minimum atomic E-state index is -0.223. The van der Waals surface area contributed by atoms with Crippen LogP contribution in [0, 0.1) is 12.7 Å². The van der Waals surface area contributed by atoms with Gasteiger partial charge in [-0.15, -0.1) is 0 Å². The third-order valence-electron chi connectivity index (χ3n) is 2.75. The monoisotopic (exact) mass is 297 g/mol. The summed E-state index contributed by atoms with van der Waals surface area (Å²) in [6.07, 6.45) is 1.55. The summed E-state index contributed by atoms with van der Waals surface area (Å²) < 4.78 is 18.9. The summed E-state index contributed by atoms with van der Waals surface area (Å²) in [6, 6.07) is 5.17. The summed E-state index contributed by atoms with van der Waals surface area (Å²) in [5.41, 5.74) is 6.90. The maximum Gasteiger partial charge on any atom is 0.174 e. The molecule has 6 heteroatoms. The fourth-order valence-corrected chi connectivity index (χ4v) is 3.40. The van der Waals surface area contributed by atoms with Gasteiger partial charge < -0.3 is 5.73 Å². The fraction of sp³-hybridized carbons (Fsp3) is 0.385. The molecule has 2 N–H and O–H groups in total. The molecule has 2 rings (SSSR count). The number of aryl methyl sites for hydroxylation is 1. The lowest BCUT2D eigenvalue weighted by atomic mass is 10.0. The highest BCUT2D eigenvalue weighted by molar-refractivity contribution is 8.01. The SMILES string of the molecule is CCC(N)Cc1cccc(F)c1Sc1nc(C)ns1. The molecular formula is C13H16FN3S2. The van der Waals surface area contributed by atoms with Crippen LogP contribution >= 0.6 is 23.3 Å². The zero-order valence-corrected chi connectivity index (χ0v) is 12.5. The summed E-state index contributed by atoms with van der Waals surface area (Å²) >= 11 is 2.62. The molecular weight excluding hydrogens is 281 g/mol. The van der Waals surface area contributed by atoms with Gasteiger partial charge in [-0.1, -0.05) is 30.8 Å². The van der Waals surface area contributed by atoms with Gasteiger partial charge in [0.15, 0.2) is 4.34 Å². The van der Waals surface area contributed by atoms with Crippen LogP contribution < -0.4 is 5.73 Å². The Hall–Kier alpha value is -0.980. The normalized spacial score (nSPS) is 12.6. The molecule has 0 saturated carbocycles. The second kappa shape index (κ2) is 6.45. The quantitative estimate of drug-likeness (QED) is 0.919. The van der Waals surface area contributed by atoms with E-state index in [1.807, 2.05) is 19.9 Å². The fourth-order valence-electron chi connectivity index (χ4n) is 1.66. The summed E-state index contributed by atoms with van der Waals surface area (Å²) in [6.45, 7) is 3.86. The maximum absolute atomic E-state index is 14.0. The van der Waals surface area contributed by atoms with Crippen molar-refractivity contribution in [2.24, 2.45) is 5.73 Å². The van der Waals surface area contributed by atoms with Crippen molar-refractivity contribution in [3.8, 4) is 0 Å². The van der Waals surface area contributed by atoms with E-state index in [2.05, 4.69) is 9.36 Å². The van der Waals surface area contributed by atoms with Crippen molar-refractivity contribution in [3.63, 3.8) is 0 Å². The molecule has 0 aliphatic heterocycles. The van der Waals surface area contributed by atoms with E-state index in [4.69, 9.17) is 5.73 Å². The molecule has 3 nitrogen and oxygen atoms in total. The first-order valence-corrected chi connectivity index (χ1v) is 7.70. The van der Waals surface area contributed by atoms with Gasteiger partial charge in [-0.05, 0) is 42.9 Å². The van der Waals surface area contributed by atoms with E-state index >= 15 is 0 Å². The Labute approximate surface area is 120 Å². The van der Waals surface area contributed by atoms with Crippen LogP contribution in [-0.2, 0) is 6.42 Å². The second-order valence-electron chi connectivity index (χ2n) is 4.31. The molecule has 0 saturated heterocycles. The summed E-state index contributed by atoms with van der Waals surface area (Å²) in [5.74, 6) is 0.495. The van der Waals surface area contributed by atoms with Gasteiger partial charge in [0.25, 0.3) is 0 Å². The third kappa shape index (κ3) is 3.75. The molecule has 102 valence electrons. The molecule has 2 aromatic rings. The van der Waals surface area contributed by atoms with Gasteiger partial charge in [0.05, 0.1) is 4.90 Å². The van der Waals surface area contributed by atoms with Crippen molar-refractivity contribution in [3.05, 3.63) is 35.4 Å². The lowest BCUT2D eigenvalue weighted by Crippen LogP contribution is -2.21. The van der Waals surface area contributed by atoms with Gasteiger partial charge in [-0.2, -0.15) is 4.37 Å². The van der Waals surface area contributed by atoms with E-state index in [9.17, 15) is 4.39 Å². The summed E-state index contributed by atoms with van der Waals surface area (Å²) in [7, 11) is 0. The summed E-state index contributed by atoms with van der Waals surface area (Å²) in [5, 5.41) is 0. The molecule has 1 heterocycles. The van der Waals surface area contributed by atoms with Crippen LogP contribution in [0.2, 0.25) is 0 Å². The minimum Gasteiger partial charge on any atom is -0.327 e. The molecule has 1 atom stereocenters. The molecule has 0 aliphatic rings. The van der Waals surface area contributed by atoms with Gasteiger partial charge in [-0.3, -0.25) is 0 Å². The zero-order chi connectivity index (χ0) is 13.8. The van der Waals surface area contributed by atoms with Crippen molar-refractivity contribution in [1.29, 1.82) is 0 Å². The minimum absolute atomic E-state index is 0.0531. The molecule has 1 aromatic carbocycles. The number of hydrogen-bond donors (Lipinski definition) is 1. The number of halogens is 1. The van der Waals surface area contributed by atoms with Crippen molar-refractivity contribution in [2.75, 3.05) is 0 Å². The van der Waals surface area contributed by atoms with Gasteiger partial charge in [0.1, 0.15) is 11.6 Å². The molecule has 0 fully saturated rings. The standard InChI is InChI=1S/C13H16FN3S2/c1-3-10(15)7-9-5-4-6-11(14)12(9)18-13-16-8(2)17-19-13/h4-6,10H,3,7,15H2,1-2H3. The molecule has 0 bridgehead atoms. The Morgan fingerprint density at radius 2 is 2.26 bits per heavy atom. The molecule has 0 radical (unpaired) electrons. The highest BCUT2D eigenvalue weighted by Crippen LogP contribution is 2.34. The molecule has 0 amide bonds.